The molecule has 1 atom stereocenters. The van der Waals surface area contributed by atoms with Gasteiger partial charge in [-0.3, -0.25) is 9.52 Å². The van der Waals surface area contributed by atoms with Crippen molar-refractivity contribution >= 4 is 62.3 Å². The van der Waals surface area contributed by atoms with Crippen LogP contribution in [0, 0.1) is 0 Å². The highest BCUT2D eigenvalue weighted by Crippen LogP contribution is 2.31. The topological polar surface area (TPSA) is 75.3 Å². The van der Waals surface area contributed by atoms with Crippen LogP contribution in [0.1, 0.15) is 6.92 Å². The minimum Gasteiger partial charge on any atom is -0.325 e. The Labute approximate surface area is 189 Å². The smallest absolute Gasteiger partial charge is 0.261 e. The molecular weight excluding hydrogens is 463 g/mol. The lowest BCUT2D eigenvalue weighted by molar-refractivity contribution is -0.115. The van der Waals surface area contributed by atoms with E-state index in [0.717, 1.165) is 4.90 Å². The molecule has 0 aromatic heterocycles. The van der Waals surface area contributed by atoms with Gasteiger partial charge in [0.25, 0.3) is 10.0 Å². The molecule has 0 aliphatic rings. The van der Waals surface area contributed by atoms with Crippen molar-refractivity contribution in [2.24, 2.45) is 0 Å². The highest BCUT2D eigenvalue weighted by Gasteiger charge is 2.18. The summed E-state index contributed by atoms with van der Waals surface area (Å²) in [5, 5.41) is 2.85. The summed E-state index contributed by atoms with van der Waals surface area (Å²) >= 11 is 13.4. The second-order valence-corrected chi connectivity index (χ2v) is 10.2. The second-order valence-electron chi connectivity index (χ2n) is 6.29. The zero-order chi connectivity index (χ0) is 21.7. The minimum atomic E-state index is -3.86. The summed E-state index contributed by atoms with van der Waals surface area (Å²) in [7, 11) is -3.86. The fourth-order valence-electron chi connectivity index (χ4n) is 2.50. The normalized spacial score (nSPS) is 12.2. The van der Waals surface area contributed by atoms with Crippen LogP contribution in [-0.4, -0.2) is 19.6 Å². The molecule has 0 radical (unpaired) electrons. The first-order chi connectivity index (χ1) is 14.3. The first-order valence-corrected chi connectivity index (χ1v) is 12.0. The van der Waals surface area contributed by atoms with Crippen LogP contribution in [0.3, 0.4) is 0 Å². The van der Waals surface area contributed by atoms with E-state index in [1.807, 2.05) is 37.3 Å². The van der Waals surface area contributed by atoms with Gasteiger partial charge in [-0.2, -0.15) is 0 Å². The van der Waals surface area contributed by atoms with Gasteiger partial charge in [0.05, 0.1) is 25.9 Å². The third-order valence-corrected chi connectivity index (χ3v) is 7.37. The molecule has 0 heterocycles. The predicted molar refractivity (Wildman–Crippen MR) is 124 cm³/mol. The fourth-order valence-corrected chi connectivity index (χ4v) is 4.87. The molecule has 3 aromatic carbocycles. The maximum absolute atomic E-state index is 12.6. The Hall–Kier alpha value is -2.19. The van der Waals surface area contributed by atoms with E-state index in [-0.39, 0.29) is 31.8 Å². The molecule has 9 heteroatoms. The van der Waals surface area contributed by atoms with Crippen molar-refractivity contribution < 1.29 is 13.2 Å². The van der Waals surface area contributed by atoms with E-state index in [0.29, 0.717) is 5.69 Å². The molecule has 0 fully saturated rings. The molecule has 2 N–H and O–H groups in total. The van der Waals surface area contributed by atoms with Gasteiger partial charge in [-0.25, -0.2) is 8.42 Å². The molecule has 0 spiro atoms. The van der Waals surface area contributed by atoms with E-state index in [2.05, 4.69) is 10.0 Å². The molecule has 156 valence electrons. The van der Waals surface area contributed by atoms with Crippen LogP contribution >= 0.6 is 35.0 Å². The van der Waals surface area contributed by atoms with Gasteiger partial charge in [0.1, 0.15) is 0 Å². The van der Waals surface area contributed by atoms with Crippen LogP contribution in [-0.2, 0) is 14.8 Å². The van der Waals surface area contributed by atoms with Gasteiger partial charge in [0.15, 0.2) is 0 Å². The SMILES string of the molecule is C[C@@H](Sc1ccccc1)C(=O)Nc1ccc(S(=O)(=O)Nc2cccc(Cl)c2Cl)cc1. The molecule has 1 amide bonds. The fraction of sp³-hybridized carbons (Fsp3) is 0.0952. The number of hydrogen-bond acceptors (Lipinski definition) is 4. The molecule has 0 bridgehead atoms. The molecule has 30 heavy (non-hydrogen) atoms. The number of anilines is 2. The van der Waals surface area contributed by atoms with Gasteiger partial charge in [-0.1, -0.05) is 47.5 Å². The Morgan fingerprint density at radius 3 is 2.27 bits per heavy atom. The number of hydrogen-bond donors (Lipinski definition) is 2. The van der Waals surface area contributed by atoms with Crippen molar-refractivity contribution in [3.63, 3.8) is 0 Å². The van der Waals surface area contributed by atoms with E-state index < -0.39 is 10.0 Å². The summed E-state index contributed by atoms with van der Waals surface area (Å²) in [5.41, 5.74) is 0.688. The summed E-state index contributed by atoms with van der Waals surface area (Å²) in [6.07, 6.45) is 0. The molecule has 0 saturated heterocycles. The Balaban J connectivity index is 1.66. The monoisotopic (exact) mass is 480 g/mol. The van der Waals surface area contributed by atoms with Crippen LogP contribution in [0.4, 0.5) is 11.4 Å². The molecule has 3 rings (SSSR count). The van der Waals surface area contributed by atoms with Crippen LogP contribution < -0.4 is 10.0 Å². The number of halogens is 2. The predicted octanol–water partition coefficient (Wildman–Crippen LogP) is 5.91. The van der Waals surface area contributed by atoms with Crippen LogP contribution in [0.2, 0.25) is 10.0 Å². The average Bonchev–Trinajstić information content (AvgIpc) is 2.72. The van der Waals surface area contributed by atoms with Gasteiger partial charge < -0.3 is 5.32 Å². The Bertz CT molecular complexity index is 1140. The molecular formula is C21H18Cl2N2O3S2. The number of carbonyl (C=O) groups excluding carboxylic acids is 1. The standard InChI is InChI=1S/C21H18Cl2N2O3S2/c1-14(29-16-6-3-2-4-7-16)21(26)24-15-10-12-17(13-11-15)30(27,28)25-19-9-5-8-18(22)20(19)23/h2-14,25H,1H3,(H,24,26)/t14-/m1/s1. The lowest BCUT2D eigenvalue weighted by Crippen LogP contribution is -2.22. The van der Waals surface area contributed by atoms with Crippen molar-refractivity contribution in [2.45, 2.75) is 22.0 Å². The molecule has 0 saturated carbocycles. The summed E-state index contributed by atoms with van der Waals surface area (Å²) < 4.78 is 27.6. The minimum absolute atomic E-state index is 0.0308. The van der Waals surface area contributed by atoms with Crippen LogP contribution in [0.15, 0.2) is 82.6 Å². The number of benzene rings is 3. The van der Waals surface area contributed by atoms with E-state index in [4.69, 9.17) is 23.2 Å². The number of sulfonamides is 1. The molecule has 0 unspecified atom stereocenters. The van der Waals surface area contributed by atoms with Crippen LogP contribution in [0.5, 0.6) is 0 Å². The van der Waals surface area contributed by atoms with Gasteiger partial charge in [0, 0.05) is 10.6 Å². The first-order valence-electron chi connectivity index (χ1n) is 8.86. The van der Waals surface area contributed by atoms with Gasteiger partial charge in [0.2, 0.25) is 5.91 Å². The highest BCUT2D eigenvalue weighted by atomic mass is 35.5. The summed E-state index contributed by atoms with van der Waals surface area (Å²) in [5.74, 6) is -0.178. The number of amides is 1. The highest BCUT2D eigenvalue weighted by molar-refractivity contribution is 8.00. The molecule has 0 aliphatic carbocycles. The largest absolute Gasteiger partial charge is 0.325 e. The van der Waals surface area contributed by atoms with Crippen molar-refractivity contribution in [1.29, 1.82) is 0 Å². The maximum atomic E-state index is 12.6. The Kier molecular flexibility index (Phi) is 7.31. The Morgan fingerprint density at radius 2 is 1.60 bits per heavy atom. The third-order valence-electron chi connectivity index (χ3n) is 4.05. The Morgan fingerprint density at radius 1 is 0.933 bits per heavy atom. The van der Waals surface area contributed by atoms with Crippen molar-refractivity contribution in [1.82, 2.24) is 0 Å². The first kappa shape index (κ1) is 22.5. The molecule has 5 nitrogen and oxygen atoms in total. The zero-order valence-corrected chi connectivity index (χ0v) is 18.9. The number of carbonyl (C=O) groups is 1. The van der Waals surface area contributed by atoms with E-state index in [1.165, 1.54) is 42.1 Å². The lowest BCUT2D eigenvalue weighted by Gasteiger charge is -2.13. The number of thioether (sulfide) groups is 1. The maximum Gasteiger partial charge on any atom is 0.261 e. The quantitative estimate of drug-likeness (QED) is 0.411. The summed E-state index contributed by atoms with van der Waals surface area (Å²) in [6.45, 7) is 1.81. The van der Waals surface area contributed by atoms with Crippen molar-refractivity contribution in [3.8, 4) is 0 Å². The zero-order valence-electron chi connectivity index (χ0n) is 15.8. The molecule has 0 aliphatic heterocycles. The molecule has 3 aromatic rings. The van der Waals surface area contributed by atoms with Gasteiger partial charge >= 0.3 is 0 Å². The van der Waals surface area contributed by atoms with Gasteiger partial charge in [-0.15, -0.1) is 11.8 Å². The van der Waals surface area contributed by atoms with E-state index in [9.17, 15) is 13.2 Å². The lowest BCUT2D eigenvalue weighted by atomic mass is 10.3. The average molecular weight is 481 g/mol. The summed E-state index contributed by atoms with van der Waals surface area (Å²) in [6, 6.07) is 20.2. The summed E-state index contributed by atoms with van der Waals surface area (Å²) in [4.78, 5) is 13.4. The van der Waals surface area contributed by atoms with Crippen molar-refractivity contribution in [3.05, 3.63) is 82.8 Å². The van der Waals surface area contributed by atoms with Crippen LogP contribution in [0.25, 0.3) is 0 Å². The second kappa shape index (κ2) is 9.75. The van der Waals surface area contributed by atoms with E-state index >= 15 is 0 Å². The van der Waals surface area contributed by atoms with E-state index in [1.54, 1.807) is 12.1 Å². The van der Waals surface area contributed by atoms with Crippen molar-refractivity contribution in [2.75, 3.05) is 10.0 Å². The number of rotatable bonds is 7. The number of nitrogens with one attached hydrogen (secondary N) is 2. The van der Waals surface area contributed by atoms with Gasteiger partial charge in [-0.05, 0) is 55.5 Å². The third kappa shape index (κ3) is 5.70.